The van der Waals surface area contributed by atoms with Gasteiger partial charge >= 0.3 is 20.4 Å². The van der Waals surface area contributed by atoms with E-state index < -0.39 is 0 Å². The van der Waals surface area contributed by atoms with E-state index >= 15 is 0 Å². The molecule has 0 heterocycles. The summed E-state index contributed by atoms with van der Waals surface area (Å²) in [7, 11) is 3.25. The Morgan fingerprint density at radius 3 is 1.25 bits per heavy atom. The van der Waals surface area contributed by atoms with E-state index in [4.69, 9.17) is 0 Å². The van der Waals surface area contributed by atoms with Gasteiger partial charge in [-0.25, -0.2) is 0 Å². The van der Waals surface area contributed by atoms with Crippen molar-refractivity contribution in [1.29, 1.82) is 0 Å². The third kappa shape index (κ3) is 17.8. The predicted octanol–water partition coefficient (Wildman–Crippen LogP) is 0.260. The Bertz CT molecular complexity index is 6.00. The molecule has 0 bridgehead atoms. The Labute approximate surface area is 40.0 Å². The summed E-state index contributed by atoms with van der Waals surface area (Å²) in [5, 5.41) is 0. The molecular weight excluding hydrogens is 226 g/mol. The smallest absolute Gasteiger partial charge is 0.388 e. The zero-order chi connectivity index (χ0) is 2.71. The summed E-state index contributed by atoms with van der Waals surface area (Å²) in [6, 6.07) is 0. The van der Waals surface area contributed by atoms with E-state index in [1.54, 1.807) is 14.2 Å². The van der Waals surface area contributed by atoms with Crippen LogP contribution in [0.3, 0.4) is 0 Å². The standard InChI is InChI=1S/C2H6O.Re/c1-3-2;/h1-2H3;/q;+7. The first kappa shape index (κ1) is 8.82. The van der Waals surface area contributed by atoms with Gasteiger partial charge in [-0.2, -0.15) is 0 Å². The molecule has 0 aliphatic rings. The van der Waals surface area contributed by atoms with Crippen LogP contribution in [-0.4, -0.2) is 14.2 Å². The summed E-state index contributed by atoms with van der Waals surface area (Å²) in [6.07, 6.45) is 0. The average Bonchev–Trinajstić information content (AvgIpc) is 0.918. The third-order valence-electron chi connectivity index (χ3n) is 0. The fourth-order valence-electron chi connectivity index (χ4n) is 0. The van der Waals surface area contributed by atoms with Crippen molar-refractivity contribution in [2.75, 3.05) is 14.2 Å². The molecule has 0 N–H and O–H groups in total. The van der Waals surface area contributed by atoms with Crippen molar-refractivity contribution in [3.05, 3.63) is 0 Å². The molecule has 0 radical (unpaired) electrons. The van der Waals surface area contributed by atoms with Crippen molar-refractivity contribution >= 4 is 0 Å². The molecule has 1 nitrogen and oxygen atoms in total. The molecule has 2 heteroatoms. The van der Waals surface area contributed by atoms with Gasteiger partial charge in [0.1, 0.15) is 0 Å². The SMILES string of the molecule is COC.[Re+7]. The summed E-state index contributed by atoms with van der Waals surface area (Å²) in [5.41, 5.74) is 0. The maximum Gasteiger partial charge on any atom is 7.00 e. The molecular formula is C2H6ORe+7. The summed E-state index contributed by atoms with van der Waals surface area (Å²) >= 11 is 0. The number of methoxy groups -OCH3 is 1. The molecule has 0 spiro atoms. The summed E-state index contributed by atoms with van der Waals surface area (Å²) < 4.78 is 4.25. The molecule has 4 heavy (non-hydrogen) atoms. The molecule has 0 fully saturated rings. The van der Waals surface area contributed by atoms with E-state index in [9.17, 15) is 0 Å². The van der Waals surface area contributed by atoms with E-state index in [0.717, 1.165) is 0 Å². The van der Waals surface area contributed by atoms with Crippen molar-refractivity contribution in [1.82, 2.24) is 0 Å². The molecule has 0 saturated carbocycles. The van der Waals surface area contributed by atoms with Crippen LogP contribution in [0.5, 0.6) is 0 Å². The molecule has 0 saturated heterocycles. The molecule has 0 aromatic rings. The van der Waals surface area contributed by atoms with E-state index in [0.29, 0.717) is 0 Å². The molecule has 0 aromatic carbocycles. The van der Waals surface area contributed by atoms with E-state index in [1.165, 1.54) is 0 Å². The van der Waals surface area contributed by atoms with E-state index in [-0.39, 0.29) is 20.4 Å². The molecule has 0 atom stereocenters. The number of hydrogen-bond donors (Lipinski definition) is 0. The fraction of sp³-hybridized carbons (Fsp3) is 1.00. The minimum atomic E-state index is 0. The van der Waals surface area contributed by atoms with Crippen LogP contribution in [0, 0.1) is 0 Å². The Kier molecular flexibility index (Phi) is 20.9. The molecule has 0 aliphatic carbocycles. The Hall–Kier alpha value is 0.622. The molecule has 0 aromatic heterocycles. The van der Waals surface area contributed by atoms with E-state index in [1.807, 2.05) is 0 Å². The summed E-state index contributed by atoms with van der Waals surface area (Å²) in [5.74, 6) is 0. The van der Waals surface area contributed by atoms with Crippen LogP contribution < -0.4 is 0 Å². The van der Waals surface area contributed by atoms with Gasteiger partial charge < -0.3 is 4.74 Å². The van der Waals surface area contributed by atoms with Gasteiger partial charge in [0.15, 0.2) is 0 Å². The van der Waals surface area contributed by atoms with Gasteiger partial charge in [-0.3, -0.25) is 0 Å². The maximum atomic E-state index is 4.25. The van der Waals surface area contributed by atoms with Crippen molar-refractivity contribution in [3.8, 4) is 0 Å². The van der Waals surface area contributed by atoms with Crippen LogP contribution in [0.2, 0.25) is 0 Å². The van der Waals surface area contributed by atoms with Gasteiger partial charge in [0.2, 0.25) is 0 Å². The van der Waals surface area contributed by atoms with Crippen molar-refractivity contribution in [3.63, 3.8) is 0 Å². The first-order chi connectivity index (χ1) is 1.41. The monoisotopic (exact) mass is 233 g/mol. The van der Waals surface area contributed by atoms with Crippen LogP contribution >= 0.6 is 0 Å². The Balaban J connectivity index is 0. The number of hydrogen-bond acceptors (Lipinski definition) is 1. The van der Waals surface area contributed by atoms with Crippen LogP contribution in [0.1, 0.15) is 0 Å². The number of ether oxygens (including phenoxy) is 1. The Morgan fingerprint density at radius 2 is 1.25 bits per heavy atom. The van der Waals surface area contributed by atoms with Crippen molar-refractivity contribution in [2.45, 2.75) is 0 Å². The van der Waals surface area contributed by atoms with Gasteiger partial charge in [0, 0.05) is 14.2 Å². The Morgan fingerprint density at radius 1 is 1.25 bits per heavy atom. The van der Waals surface area contributed by atoms with Gasteiger partial charge in [0.05, 0.1) is 0 Å². The van der Waals surface area contributed by atoms with E-state index in [2.05, 4.69) is 4.74 Å². The molecule has 0 amide bonds. The quantitative estimate of drug-likeness (QED) is 0.582. The van der Waals surface area contributed by atoms with Crippen LogP contribution in [0.25, 0.3) is 0 Å². The maximum absolute atomic E-state index is 4.25. The minimum absolute atomic E-state index is 0. The second-order valence-electron chi connectivity index (χ2n) is 0.408. The first-order valence-corrected chi connectivity index (χ1v) is 0.816. The molecule has 0 unspecified atom stereocenters. The van der Waals surface area contributed by atoms with Gasteiger partial charge in [-0.15, -0.1) is 0 Å². The molecule has 20 valence electrons. The normalized spacial score (nSPS) is 4.50. The molecule has 0 aliphatic heterocycles. The topological polar surface area (TPSA) is 9.23 Å². The average molecular weight is 232 g/mol. The number of rotatable bonds is 0. The second kappa shape index (κ2) is 9.46. The van der Waals surface area contributed by atoms with Crippen LogP contribution in [0.15, 0.2) is 0 Å². The largest absolute Gasteiger partial charge is 7.00 e. The van der Waals surface area contributed by atoms with Gasteiger partial charge in [-0.05, 0) is 0 Å². The zero-order valence-corrected chi connectivity index (χ0v) is 5.50. The predicted molar refractivity (Wildman–Crippen MR) is 12.9 cm³/mol. The third-order valence-corrected chi connectivity index (χ3v) is 0. The minimum Gasteiger partial charge on any atom is -0.388 e. The zero-order valence-electron chi connectivity index (χ0n) is 2.79. The van der Waals surface area contributed by atoms with Crippen LogP contribution in [-0.2, 0) is 25.2 Å². The fourth-order valence-corrected chi connectivity index (χ4v) is 0. The molecule has 0 rings (SSSR count). The second-order valence-corrected chi connectivity index (χ2v) is 0.408. The van der Waals surface area contributed by atoms with Gasteiger partial charge in [-0.1, -0.05) is 0 Å². The summed E-state index contributed by atoms with van der Waals surface area (Å²) in [6.45, 7) is 0. The first-order valence-electron chi connectivity index (χ1n) is 0.816. The summed E-state index contributed by atoms with van der Waals surface area (Å²) in [4.78, 5) is 0. The van der Waals surface area contributed by atoms with Crippen molar-refractivity contribution in [2.24, 2.45) is 0 Å². The van der Waals surface area contributed by atoms with Crippen LogP contribution in [0.4, 0.5) is 0 Å². The van der Waals surface area contributed by atoms with Crippen molar-refractivity contribution < 1.29 is 25.2 Å². The van der Waals surface area contributed by atoms with Gasteiger partial charge in [0.25, 0.3) is 0 Å².